The van der Waals surface area contributed by atoms with Gasteiger partial charge in [0.15, 0.2) is 0 Å². The summed E-state index contributed by atoms with van der Waals surface area (Å²) in [6.45, 7) is 0. The molecule has 3 heteroatoms. The molecule has 3 nitrogen and oxygen atoms in total. The second kappa shape index (κ2) is 6.70. The molecule has 0 saturated carbocycles. The minimum atomic E-state index is -0.0870. The Bertz CT molecular complexity index is 1170. The average Bonchev–Trinajstić information content (AvgIpc) is 2.70. The monoisotopic (exact) mass is 337 g/mol. The van der Waals surface area contributed by atoms with Crippen molar-refractivity contribution < 1.29 is 4.42 Å². The van der Waals surface area contributed by atoms with E-state index in [1.54, 1.807) is 12.1 Å². The Morgan fingerprint density at radius 3 is 2.12 bits per heavy atom. The Labute approximate surface area is 150 Å². The van der Waals surface area contributed by atoms with Crippen LogP contribution in [0.15, 0.2) is 88.1 Å². The van der Waals surface area contributed by atoms with E-state index < -0.39 is 0 Å². The molecule has 0 saturated heterocycles. The van der Waals surface area contributed by atoms with E-state index in [-0.39, 0.29) is 11.8 Å². The first-order valence-electron chi connectivity index (χ1n) is 8.36. The lowest BCUT2D eigenvalue weighted by molar-refractivity contribution is 0.617. The molecule has 1 aromatic heterocycles. The van der Waals surface area contributed by atoms with Gasteiger partial charge < -0.3 is 4.42 Å². The minimum Gasteiger partial charge on any atom is -0.455 e. The van der Waals surface area contributed by atoms with Crippen LogP contribution in [0.4, 0.5) is 0 Å². The lowest BCUT2D eigenvalue weighted by Gasteiger charge is -2.12. The number of benzene rings is 3. The number of fused-ring (bicyclic) bond motifs is 1. The third kappa shape index (κ3) is 2.68. The molecule has 0 N–H and O–H groups in total. The van der Waals surface area contributed by atoms with Crippen molar-refractivity contribution in [1.29, 1.82) is 5.26 Å². The van der Waals surface area contributed by atoms with Gasteiger partial charge in [0.2, 0.25) is 5.43 Å². The molecule has 0 fully saturated rings. The molecule has 4 aromatic rings. The van der Waals surface area contributed by atoms with E-state index in [1.807, 2.05) is 66.7 Å². The van der Waals surface area contributed by atoms with E-state index in [1.165, 1.54) is 0 Å². The number of nitriles is 1. The highest BCUT2D eigenvalue weighted by molar-refractivity contribution is 5.90. The van der Waals surface area contributed by atoms with Crippen LogP contribution in [0, 0.1) is 11.3 Å². The number of para-hydroxylation sites is 1. The van der Waals surface area contributed by atoms with Crippen LogP contribution in [-0.4, -0.2) is 0 Å². The molecule has 0 unspecified atom stereocenters. The van der Waals surface area contributed by atoms with E-state index in [0.29, 0.717) is 22.3 Å². The molecule has 4 rings (SSSR count). The molecule has 3 aromatic carbocycles. The standard InChI is InChI=1S/C23H15NO2/c24-15-14-18-12-7-13-19-21(25)20(16-8-3-1-4-9-16)23(26-22(18)19)17-10-5-2-6-11-17/h1-13H,14H2. The summed E-state index contributed by atoms with van der Waals surface area (Å²) in [5, 5.41) is 9.59. The summed E-state index contributed by atoms with van der Waals surface area (Å²) in [6, 6.07) is 26.6. The van der Waals surface area contributed by atoms with Crippen LogP contribution in [-0.2, 0) is 6.42 Å². The van der Waals surface area contributed by atoms with Gasteiger partial charge in [-0.3, -0.25) is 4.79 Å². The van der Waals surface area contributed by atoms with Crippen LogP contribution in [0.1, 0.15) is 5.56 Å². The molecule has 124 valence electrons. The highest BCUT2D eigenvalue weighted by Crippen LogP contribution is 2.33. The Hall–Kier alpha value is -3.64. The second-order valence-electron chi connectivity index (χ2n) is 6.00. The quantitative estimate of drug-likeness (QED) is 0.517. The Morgan fingerprint density at radius 2 is 1.46 bits per heavy atom. The molecule has 0 amide bonds. The smallest absolute Gasteiger partial charge is 0.201 e. The highest BCUT2D eigenvalue weighted by Gasteiger charge is 2.19. The summed E-state index contributed by atoms with van der Waals surface area (Å²) in [6.07, 6.45) is 0.194. The van der Waals surface area contributed by atoms with Crippen LogP contribution in [0.2, 0.25) is 0 Å². The van der Waals surface area contributed by atoms with Gasteiger partial charge in [0.1, 0.15) is 11.3 Å². The summed E-state index contributed by atoms with van der Waals surface area (Å²) in [5.74, 6) is 0.527. The van der Waals surface area contributed by atoms with Crippen LogP contribution in [0.5, 0.6) is 0 Å². The number of hydrogen-bond acceptors (Lipinski definition) is 3. The maximum atomic E-state index is 13.3. The Kier molecular flexibility index (Phi) is 4.09. The fourth-order valence-electron chi connectivity index (χ4n) is 3.16. The molecule has 0 radical (unpaired) electrons. The average molecular weight is 337 g/mol. The van der Waals surface area contributed by atoms with E-state index in [9.17, 15) is 4.79 Å². The number of rotatable bonds is 3. The molecular formula is C23H15NO2. The van der Waals surface area contributed by atoms with Crippen LogP contribution < -0.4 is 5.43 Å². The van der Waals surface area contributed by atoms with E-state index in [2.05, 4.69) is 6.07 Å². The van der Waals surface area contributed by atoms with Crippen molar-refractivity contribution in [1.82, 2.24) is 0 Å². The predicted molar refractivity (Wildman–Crippen MR) is 103 cm³/mol. The van der Waals surface area contributed by atoms with Gasteiger partial charge in [-0.2, -0.15) is 5.26 Å². The molecule has 0 atom stereocenters. The first-order valence-corrected chi connectivity index (χ1v) is 8.36. The fraction of sp³-hybridized carbons (Fsp3) is 0.0435. The maximum Gasteiger partial charge on any atom is 0.201 e. The van der Waals surface area contributed by atoms with Crippen molar-refractivity contribution >= 4 is 11.0 Å². The van der Waals surface area contributed by atoms with Crippen molar-refractivity contribution in [3.8, 4) is 28.5 Å². The number of hydrogen-bond donors (Lipinski definition) is 0. The minimum absolute atomic E-state index is 0.0870. The van der Waals surface area contributed by atoms with Crippen molar-refractivity contribution in [3.05, 3.63) is 94.6 Å². The van der Waals surface area contributed by atoms with Gasteiger partial charge in [-0.15, -0.1) is 0 Å². The zero-order valence-corrected chi connectivity index (χ0v) is 14.0. The van der Waals surface area contributed by atoms with Gasteiger partial charge >= 0.3 is 0 Å². The number of nitrogens with zero attached hydrogens (tertiary/aromatic N) is 1. The first-order chi connectivity index (χ1) is 12.8. The maximum absolute atomic E-state index is 13.3. The van der Waals surface area contributed by atoms with Crippen LogP contribution in [0.3, 0.4) is 0 Å². The third-order valence-electron chi connectivity index (χ3n) is 4.37. The van der Waals surface area contributed by atoms with Crippen molar-refractivity contribution in [2.45, 2.75) is 6.42 Å². The second-order valence-corrected chi connectivity index (χ2v) is 6.00. The fourth-order valence-corrected chi connectivity index (χ4v) is 3.16. The topological polar surface area (TPSA) is 54.0 Å². The third-order valence-corrected chi connectivity index (χ3v) is 4.37. The summed E-state index contributed by atoms with van der Waals surface area (Å²) in [4.78, 5) is 13.3. The highest BCUT2D eigenvalue weighted by atomic mass is 16.3. The predicted octanol–water partition coefficient (Wildman–Crippen LogP) is 5.19. The molecule has 1 heterocycles. The van der Waals surface area contributed by atoms with Gasteiger partial charge in [0.25, 0.3) is 0 Å². The molecule has 0 spiro atoms. The molecule has 26 heavy (non-hydrogen) atoms. The van der Waals surface area contributed by atoms with Crippen LogP contribution in [0.25, 0.3) is 33.4 Å². The van der Waals surface area contributed by atoms with E-state index in [0.717, 1.165) is 16.7 Å². The molecule has 0 aliphatic heterocycles. The zero-order valence-electron chi connectivity index (χ0n) is 14.0. The summed E-state index contributed by atoms with van der Waals surface area (Å²) < 4.78 is 6.25. The van der Waals surface area contributed by atoms with E-state index in [4.69, 9.17) is 9.68 Å². The summed E-state index contributed by atoms with van der Waals surface area (Å²) in [5.41, 5.74) is 3.30. The van der Waals surface area contributed by atoms with Gasteiger partial charge in [-0.1, -0.05) is 72.8 Å². The van der Waals surface area contributed by atoms with Gasteiger partial charge in [0, 0.05) is 11.1 Å². The largest absolute Gasteiger partial charge is 0.455 e. The zero-order chi connectivity index (χ0) is 17.9. The van der Waals surface area contributed by atoms with E-state index >= 15 is 0 Å². The Morgan fingerprint density at radius 1 is 0.808 bits per heavy atom. The summed E-state index contributed by atoms with van der Waals surface area (Å²) >= 11 is 0. The molecule has 0 aliphatic rings. The van der Waals surface area contributed by atoms with Gasteiger partial charge in [-0.05, 0) is 11.6 Å². The van der Waals surface area contributed by atoms with Gasteiger partial charge in [0.05, 0.1) is 23.4 Å². The van der Waals surface area contributed by atoms with Crippen molar-refractivity contribution in [3.63, 3.8) is 0 Å². The lowest BCUT2D eigenvalue weighted by Crippen LogP contribution is -2.08. The van der Waals surface area contributed by atoms with Crippen LogP contribution >= 0.6 is 0 Å². The molecule has 0 bridgehead atoms. The summed E-state index contributed by atoms with van der Waals surface area (Å²) in [7, 11) is 0. The normalized spacial score (nSPS) is 10.6. The van der Waals surface area contributed by atoms with Crippen molar-refractivity contribution in [2.24, 2.45) is 0 Å². The Balaban J connectivity index is 2.14. The van der Waals surface area contributed by atoms with Gasteiger partial charge in [-0.25, -0.2) is 0 Å². The lowest BCUT2D eigenvalue weighted by atomic mass is 9.97. The molecule has 0 aliphatic carbocycles. The first kappa shape index (κ1) is 15.9. The SMILES string of the molecule is N#CCc1cccc2c(=O)c(-c3ccccc3)c(-c3ccccc3)oc12. The van der Waals surface area contributed by atoms with Crippen molar-refractivity contribution in [2.75, 3.05) is 0 Å². The molecular weight excluding hydrogens is 322 g/mol.